The molecule has 1 N–H and O–H groups in total. The van der Waals surface area contributed by atoms with Crippen LogP contribution in [0.5, 0.6) is 5.75 Å². The quantitative estimate of drug-likeness (QED) is 0.871. The van der Waals surface area contributed by atoms with E-state index in [-0.39, 0.29) is 5.56 Å². The Kier molecular flexibility index (Phi) is 3.00. The molecule has 0 aliphatic carbocycles. The fourth-order valence-corrected chi connectivity index (χ4v) is 1.46. The molecule has 0 aromatic carbocycles. The van der Waals surface area contributed by atoms with Gasteiger partial charge in [-0.15, -0.1) is 0 Å². The number of nitrogens with zero attached hydrogens (tertiary/aromatic N) is 2. The van der Waals surface area contributed by atoms with Crippen LogP contribution >= 0.6 is 0 Å². The average Bonchev–Trinajstić information content (AvgIpc) is 2.39. The minimum absolute atomic E-state index is 0.121. The molecule has 2 aromatic heterocycles. The molecule has 0 saturated heterocycles. The summed E-state index contributed by atoms with van der Waals surface area (Å²) in [4.78, 5) is 18.9. The first kappa shape index (κ1) is 11.1. The van der Waals surface area contributed by atoms with E-state index >= 15 is 0 Å². The molecule has 0 aliphatic rings. The van der Waals surface area contributed by atoms with Crippen molar-refractivity contribution in [2.75, 3.05) is 7.11 Å². The van der Waals surface area contributed by atoms with Crippen LogP contribution in [0.2, 0.25) is 0 Å². The summed E-state index contributed by atoms with van der Waals surface area (Å²) in [6.07, 6.45) is 4.46. The number of carboxylic acid groups (broad SMARTS) is 1. The zero-order valence-electron chi connectivity index (χ0n) is 9.12. The van der Waals surface area contributed by atoms with Gasteiger partial charge in [0.1, 0.15) is 11.4 Å². The zero-order chi connectivity index (χ0) is 12.3. The molecule has 5 heteroatoms. The summed E-state index contributed by atoms with van der Waals surface area (Å²) in [5.41, 5.74) is 1.31. The largest absolute Gasteiger partial charge is 0.494 e. The highest BCUT2D eigenvalue weighted by molar-refractivity contribution is 5.88. The van der Waals surface area contributed by atoms with Gasteiger partial charge in [-0.2, -0.15) is 0 Å². The average molecular weight is 230 g/mol. The number of aromatic nitrogens is 2. The Morgan fingerprint density at radius 3 is 2.94 bits per heavy atom. The smallest absolute Gasteiger partial charge is 0.337 e. The fraction of sp³-hybridized carbons (Fsp3) is 0.0833. The van der Waals surface area contributed by atoms with Crippen molar-refractivity contribution in [2.45, 2.75) is 0 Å². The maximum Gasteiger partial charge on any atom is 0.337 e. The van der Waals surface area contributed by atoms with E-state index in [0.717, 1.165) is 0 Å². The number of hydrogen-bond acceptors (Lipinski definition) is 4. The van der Waals surface area contributed by atoms with Gasteiger partial charge in [-0.05, 0) is 18.2 Å². The normalized spacial score (nSPS) is 9.94. The van der Waals surface area contributed by atoms with Gasteiger partial charge in [0.05, 0.1) is 12.7 Å². The summed E-state index contributed by atoms with van der Waals surface area (Å²) >= 11 is 0. The molecular formula is C12H10N2O3. The van der Waals surface area contributed by atoms with Gasteiger partial charge in [0.15, 0.2) is 0 Å². The number of methoxy groups -OCH3 is 1. The van der Waals surface area contributed by atoms with E-state index in [0.29, 0.717) is 17.0 Å². The minimum atomic E-state index is -1.02. The third-order valence-corrected chi connectivity index (χ3v) is 2.25. The van der Waals surface area contributed by atoms with Gasteiger partial charge in [0.25, 0.3) is 0 Å². The molecule has 0 bridgehead atoms. The lowest BCUT2D eigenvalue weighted by molar-refractivity contribution is 0.0696. The van der Waals surface area contributed by atoms with Crippen molar-refractivity contribution in [2.24, 2.45) is 0 Å². The standard InChI is InChI=1S/C12H10N2O3/c1-17-10-3-2-4-14-11(10)8-5-9(12(15)16)7-13-6-8/h2-7H,1H3,(H,15,16). The molecule has 2 aromatic rings. The van der Waals surface area contributed by atoms with E-state index in [9.17, 15) is 4.79 Å². The number of ether oxygens (including phenoxy) is 1. The first-order valence-electron chi connectivity index (χ1n) is 4.90. The van der Waals surface area contributed by atoms with Gasteiger partial charge in [-0.3, -0.25) is 9.97 Å². The predicted octanol–water partition coefficient (Wildman–Crippen LogP) is 1.85. The highest BCUT2D eigenvalue weighted by Crippen LogP contribution is 2.26. The highest BCUT2D eigenvalue weighted by atomic mass is 16.5. The molecule has 0 aliphatic heterocycles. The van der Waals surface area contributed by atoms with E-state index in [1.54, 1.807) is 24.5 Å². The summed E-state index contributed by atoms with van der Waals surface area (Å²) in [7, 11) is 1.54. The van der Waals surface area contributed by atoms with Crippen LogP contribution in [0.4, 0.5) is 0 Å². The van der Waals surface area contributed by atoms with E-state index in [4.69, 9.17) is 9.84 Å². The molecule has 86 valence electrons. The molecule has 2 heterocycles. The van der Waals surface area contributed by atoms with Gasteiger partial charge >= 0.3 is 5.97 Å². The summed E-state index contributed by atoms with van der Waals surface area (Å²) in [6.45, 7) is 0. The van der Waals surface area contributed by atoms with E-state index in [1.807, 2.05) is 0 Å². The molecule has 0 saturated carbocycles. The SMILES string of the molecule is COc1cccnc1-c1cncc(C(=O)O)c1. The highest BCUT2D eigenvalue weighted by Gasteiger charge is 2.10. The van der Waals surface area contributed by atoms with Crippen LogP contribution in [-0.4, -0.2) is 28.2 Å². The second-order valence-electron chi connectivity index (χ2n) is 3.32. The van der Waals surface area contributed by atoms with Crippen LogP contribution in [0.25, 0.3) is 11.3 Å². The van der Waals surface area contributed by atoms with Gasteiger partial charge in [0.2, 0.25) is 0 Å². The molecule has 0 atom stereocenters. The number of aromatic carboxylic acids is 1. The van der Waals surface area contributed by atoms with Gasteiger partial charge < -0.3 is 9.84 Å². The second-order valence-corrected chi connectivity index (χ2v) is 3.32. The first-order valence-corrected chi connectivity index (χ1v) is 4.90. The van der Waals surface area contributed by atoms with E-state index in [2.05, 4.69) is 9.97 Å². The van der Waals surface area contributed by atoms with Crippen molar-refractivity contribution in [3.05, 3.63) is 42.4 Å². The summed E-state index contributed by atoms with van der Waals surface area (Å²) in [5, 5.41) is 8.89. The second kappa shape index (κ2) is 4.61. The molecule has 0 amide bonds. The van der Waals surface area contributed by atoms with Crippen molar-refractivity contribution >= 4 is 5.97 Å². The van der Waals surface area contributed by atoms with E-state index in [1.165, 1.54) is 19.4 Å². The molecule has 17 heavy (non-hydrogen) atoms. The van der Waals surface area contributed by atoms with Crippen molar-refractivity contribution < 1.29 is 14.6 Å². The van der Waals surface area contributed by atoms with Crippen LogP contribution in [0, 0.1) is 0 Å². The van der Waals surface area contributed by atoms with Crippen LogP contribution in [0.3, 0.4) is 0 Å². The van der Waals surface area contributed by atoms with Crippen molar-refractivity contribution in [3.8, 4) is 17.0 Å². The number of rotatable bonds is 3. The minimum Gasteiger partial charge on any atom is -0.494 e. The lowest BCUT2D eigenvalue weighted by Gasteiger charge is -2.06. The van der Waals surface area contributed by atoms with Crippen molar-refractivity contribution in [1.29, 1.82) is 0 Å². The summed E-state index contributed by atoms with van der Waals surface area (Å²) in [6, 6.07) is 5.02. The van der Waals surface area contributed by atoms with Crippen LogP contribution in [0.1, 0.15) is 10.4 Å². The van der Waals surface area contributed by atoms with Crippen LogP contribution in [-0.2, 0) is 0 Å². The predicted molar refractivity (Wildman–Crippen MR) is 61.0 cm³/mol. The molecule has 2 rings (SSSR count). The zero-order valence-corrected chi connectivity index (χ0v) is 9.12. The molecule has 0 spiro atoms. The van der Waals surface area contributed by atoms with Gasteiger partial charge in [0, 0.05) is 24.2 Å². The Morgan fingerprint density at radius 1 is 1.41 bits per heavy atom. The molecule has 5 nitrogen and oxygen atoms in total. The Morgan fingerprint density at radius 2 is 2.24 bits per heavy atom. The lowest BCUT2D eigenvalue weighted by atomic mass is 10.1. The Bertz CT molecular complexity index is 555. The maximum atomic E-state index is 10.8. The van der Waals surface area contributed by atoms with E-state index < -0.39 is 5.97 Å². The summed E-state index contributed by atoms with van der Waals surface area (Å²) < 4.78 is 5.16. The lowest BCUT2D eigenvalue weighted by Crippen LogP contribution is -1.98. The van der Waals surface area contributed by atoms with Gasteiger partial charge in [-0.1, -0.05) is 0 Å². The molecule has 0 fully saturated rings. The third kappa shape index (κ3) is 2.23. The Hall–Kier alpha value is -2.43. The van der Waals surface area contributed by atoms with Crippen LogP contribution < -0.4 is 4.74 Å². The third-order valence-electron chi connectivity index (χ3n) is 2.25. The van der Waals surface area contributed by atoms with Crippen molar-refractivity contribution in [3.63, 3.8) is 0 Å². The van der Waals surface area contributed by atoms with Gasteiger partial charge in [-0.25, -0.2) is 4.79 Å². The Balaban J connectivity index is 2.52. The summed E-state index contributed by atoms with van der Waals surface area (Å²) in [5.74, 6) is -0.439. The Labute approximate surface area is 97.7 Å². The van der Waals surface area contributed by atoms with Crippen LogP contribution in [0.15, 0.2) is 36.8 Å². The number of carboxylic acids is 1. The maximum absolute atomic E-state index is 10.8. The fourth-order valence-electron chi connectivity index (χ4n) is 1.46. The molecular weight excluding hydrogens is 220 g/mol. The number of pyridine rings is 2. The van der Waals surface area contributed by atoms with Crippen molar-refractivity contribution in [1.82, 2.24) is 9.97 Å². The molecule has 0 unspecified atom stereocenters. The monoisotopic (exact) mass is 230 g/mol. The number of carbonyl (C=O) groups is 1. The number of hydrogen-bond donors (Lipinski definition) is 1. The topological polar surface area (TPSA) is 72.3 Å². The first-order chi connectivity index (χ1) is 8.22. The molecule has 0 radical (unpaired) electrons.